The number of nitrogens with one attached hydrogen (secondary N) is 1. The number of halogens is 1. The zero-order valence-electron chi connectivity index (χ0n) is 12.9. The Morgan fingerprint density at radius 1 is 1.14 bits per heavy atom. The number of rotatable bonds is 6. The maximum absolute atomic E-state index is 11.9. The molecule has 0 bridgehead atoms. The summed E-state index contributed by atoms with van der Waals surface area (Å²) in [5, 5.41) is 3.63. The van der Waals surface area contributed by atoms with E-state index in [9.17, 15) is 4.79 Å². The molecular formula is C18H20ClNO2. The third kappa shape index (κ3) is 4.78. The zero-order chi connectivity index (χ0) is 15.9. The number of carbonyl (C=O) groups excluding carboxylic acids is 1. The number of benzene rings is 2. The third-order valence-corrected chi connectivity index (χ3v) is 3.76. The molecule has 0 aromatic heterocycles. The van der Waals surface area contributed by atoms with Crippen LogP contribution in [-0.2, 0) is 4.79 Å². The molecule has 0 saturated heterocycles. The molecule has 0 heterocycles. The van der Waals surface area contributed by atoms with Gasteiger partial charge in [0, 0.05) is 17.1 Å². The number of hydrogen-bond donors (Lipinski definition) is 1. The Bertz CT molecular complexity index is 638. The van der Waals surface area contributed by atoms with Gasteiger partial charge in [-0.2, -0.15) is 0 Å². The quantitative estimate of drug-likeness (QED) is 0.780. The van der Waals surface area contributed by atoms with Gasteiger partial charge in [-0.15, -0.1) is 0 Å². The van der Waals surface area contributed by atoms with E-state index >= 15 is 0 Å². The van der Waals surface area contributed by atoms with Crippen LogP contribution in [0.15, 0.2) is 42.5 Å². The van der Waals surface area contributed by atoms with E-state index in [2.05, 4.69) is 5.32 Å². The second-order valence-corrected chi connectivity index (χ2v) is 5.64. The average Bonchev–Trinajstić information content (AvgIpc) is 2.50. The van der Waals surface area contributed by atoms with Gasteiger partial charge in [-0.25, -0.2) is 0 Å². The number of aryl methyl sites for hydroxylation is 1. The van der Waals surface area contributed by atoms with Crippen molar-refractivity contribution in [2.24, 2.45) is 0 Å². The van der Waals surface area contributed by atoms with Crippen molar-refractivity contribution in [3.63, 3.8) is 0 Å². The standard InChI is InChI=1S/C18H20ClNO2/c1-13-5-3-6-17(14(13)2)20-18(21)7-4-12-22-16-10-8-15(19)9-11-16/h3,5-6,8-11H,4,7,12H2,1-2H3,(H,20,21). The predicted molar refractivity (Wildman–Crippen MR) is 90.7 cm³/mol. The fraction of sp³-hybridized carbons (Fsp3) is 0.278. The second kappa shape index (κ2) is 7.85. The smallest absolute Gasteiger partial charge is 0.224 e. The van der Waals surface area contributed by atoms with Gasteiger partial charge in [0.1, 0.15) is 5.75 Å². The highest BCUT2D eigenvalue weighted by molar-refractivity contribution is 6.30. The molecule has 3 nitrogen and oxygen atoms in total. The summed E-state index contributed by atoms with van der Waals surface area (Å²) in [4.78, 5) is 11.9. The van der Waals surface area contributed by atoms with E-state index in [0.717, 1.165) is 17.0 Å². The summed E-state index contributed by atoms with van der Waals surface area (Å²) >= 11 is 5.81. The first-order valence-electron chi connectivity index (χ1n) is 7.30. The number of amides is 1. The van der Waals surface area contributed by atoms with E-state index in [1.807, 2.05) is 44.2 Å². The van der Waals surface area contributed by atoms with E-state index in [4.69, 9.17) is 16.3 Å². The van der Waals surface area contributed by atoms with Crippen molar-refractivity contribution in [2.45, 2.75) is 26.7 Å². The molecule has 0 fully saturated rings. The molecule has 1 N–H and O–H groups in total. The van der Waals surface area contributed by atoms with Gasteiger partial charge < -0.3 is 10.1 Å². The van der Waals surface area contributed by atoms with Gasteiger partial charge in [-0.05, 0) is 61.7 Å². The highest BCUT2D eigenvalue weighted by atomic mass is 35.5. The monoisotopic (exact) mass is 317 g/mol. The lowest BCUT2D eigenvalue weighted by Crippen LogP contribution is -2.13. The Hall–Kier alpha value is -2.00. The molecule has 4 heteroatoms. The molecule has 0 saturated carbocycles. The van der Waals surface area contributed by atoms with Gasteiger partial charge in [-0.3, -0.25) is 4.79 Å². The molecule has 0 unspecified atom stereocenters. The molecule has 0 spiro atoms. The molecule has 1 amide bonds. The van der Waals surface area contributed by atoms with Crippen LogP contribution in [0.1, 0.15) is 24.0 Å². The fourth-order valence-electron chi connectivity index (χ4n) is 2.05. The zero-order valence-corrected chi connectivity index (χ0v) is 13.6. The summed E-state index contributed by atoms with van der Waals surface area (Å²) in [5.41, 5.74) is 3.15. The van der Waals surface area contributed by atoms with Crippen molar-refractivity contribution in [3.8, 4) is 5.75 Å². The normalized spacial score (nSPS) is 10.3. The lowest BCUT2D eigenvalue weighted by Gasteiger charge is -2.10. The largest absolute Gasteiger partial charge is 0.494 e. The number of carbonyl (C=O) groups is 1. The molecule has 22 heavy (non-hydrogen) atoms. The van der Waals surface area contributed by atoms with Gasteiger partial charge in [0.05, 0.1) is 6.61 Å². The second-order valence-electron chi connectivity index (χ2n) is 5.20. The topological polar surface area (TPSA) is 38.3 Å². The van der Waals surface area contributed by atoms with Crippen molar-refractivity contribution < 1.29 is 9.53 Å². The van der Waals surface area contributed by atoms with Gasteiger partial charge in [0.2, 0.25) is 5.91 Å². The molecule has 0 aliphatic heterocycles. The molecular weight excluding hydrogens is 298 g/mol. The minimum Gasteiger partial charge on any atom is -0.494 e. The van der Waals surface area contributed by atoms with Gasteiger partial charge in [0.25, 0.3) is 0 Å². The van der Waals surface area contributed by atoms with Crippen molar-refractivity contribution in [2.75, 3.05) is 11.9 Å². The van der Waals surface area contributed by atoms with Crippen LogP contribution in [-0.4, -0.2) is 12.5 Å². The lowest BCUT2D eigenvalue weighted by atomic mass is 10.1. The number of hydrogen-bond acceptors (Lipinski definition) is 2. The Morgan fingerprint density at radius 2 is 1.86 bits per heavy atom. The number of anilines is 1. The van der Waals surface area contributed by atoms with Crippen LogP contribution < -0.4 is 10.1 Å². The Kier molecular flexibility index (Phi) is 5.84. The van der Waals surface area contributed by atoms with Crippen molar-refractivity contribution >= 4 is 23.2 Å². The summed E-state index contributed by atoms with van der Waals surface area (Å²) in [6.45, 7) is 4.54. The Morgan fingerprint density at radius 3 is 2.59 bits per heavy atom. The lowest BCUT2D eigenvalue weighted by molar-refractivity contribution is -0.116. The summed E-state index contributed by atoms with van der Waals surface area (Å²) in [7, 11) is 0. The van der Waals surface area contributed by atoms with E-state index in [1.165, 1.54) is 5.56 Å². The van der Waals surface area contributed by atoms with Gasteiger partial charge >= 0.3 is 0 Å². The molecule has 2 aromatic rings. The van der Waals surface area contributed by atoms with E-state index in [0.29, 0.717) is 24.5 Å². The first-order valence-corrected chi connectivity index (χ1v) is 7.68. The van der Waals surface area contributed by atoms with Gasteiger partial charge in [-0.1, -0.05) is 23.7 Å². The minimum atomic E-state index is 0.00778. The molecule has 116 valence electrons. The van der Waals surface area contributed by atoms with Crippen molar-refractivity contribution in [1.82, 2.24) is 0 Å². The minimum absolute atomic E-state index is 0.00778. The van der Waals surface area contributed by atoms with Crippen LogP contribution in [0, 0.1) is 13.8 Å². The van der Waals surface area contributed by atoms with Crippen molar-refractivity contribution in [1.29, 1.82) is 0 Å². The molecule has 0 aliphatic rings. The summed E-state index contributed by atoms with van der Waals surface area (Å²) in [6, 6.07) is 13.1. The Labute approximate surface area is 136 Å². The van der Waals surface area contributed by atoms with Crippen LogP contribution in [0.3, 0.4) is 0 Å². The van der Waals surface area contributed by atoms with E-state index in [1.54, 1.807) is 12.1 Å². The SMILES string of the molecule is Cc1cccc(NC(=O)CCCOc2ccc(Cl)cc2)c1C. The highest BCUT2D eigenvalue weighted by Crippen LogP contribution is 2.18. The summed E-state index contributed by atoms with van der Waals surface area (Å²) in [5.74, 6) is 0.771. The summed E-state index contributed by atoms with van der Waals surface area (Å²) in [6.07, 6.45) is 1.10. The predicted octanol–water partition coefficient (Wildman–Crippen LogP) is 4.75. The maximum atomic E-state index is 11.9. The van der Waals surface area contributed by atoms with E-state index in [-0.39, 0.29) is 5.91 Å². The van der Waals surface area contributed by atoms with Gasteiger partial charge in [0.15, 0.2) is 0 Å². The van der Waals surface area contributed by atoms with Crippen LogP contribution in [0.2, 0.25) is 5.02 Å². The Balaban J connectivity index is 1.74. The average molecular weight is 318 g/mol. The maximum Gasteiger partial charge on any atom is 0.224 e. The molecule has 0 atom stereocenters. The van der Waals surface area contributed by atoms with E-state index < -0.39 is 0 Å². The van der Waals surface area contributed by atoms with Crippen LogP contribution in [0.25, 0.3) is 0 Å². The van der Waals surface area contributed by atoms with Crippen LogP contribution in [0.4, 0.5) is 5.69 Å². The van der Waals surface area contributed by atoms with Crippen LogP contribution in [0.5, 0.6) is 5.75 Å². The highest BCUT2D eigenvalue weighted by Gasteiger charge is 2.06. The third-order valence-electron chi connectivity index (χ3n) is 3.51. The summed E-state index contributed by atoms with van der Waals surface area (Å²) < 4.78 is 5.57. The first-order chi connectivity index (χ1) is 10.6. The number of ether oxygens (including phenoxy) is 1. The molecule has 2 aromatic carbocycles. The molecule has 2 rings (SSSR count). The molecule has 0 aliphatic carbocycles. The van der Waals surface area contributed by atoms with Crippen molar-refractivity contribution in [3.05, 3.63) is 58.6 Å². The molecule has 0 radical (unpaired) electrons. The van der Waals surface area contributed by atoms with Crippen LogP contribution >= 0.6 is 11.6 Å². The first kappa shape index (κ1) is 16.4. The fourth-order valence-corrected chi connectivity index (χ4v) is 2.18.